The molecule has 4 nitrogen and oxygen atoms in total. The van der Waals surface area contributed by atoms with E-state index in [0.717, 1.165) is 16.5 Å². The summed E-state index contributed by atoms with van der Waals surface area (Å²) in [4.78, 5) is 15.1. The van der Waals surface area contributed by atoms with Gasteiger partial charge in [0.05, 0.1) is 11.8 Å². The normalized spacial score (nSPS) is 11.2. The minimum Gasteiger partial charge on any atom is -0.360 e. The molecule has 1 aromatic carbocycles. The maximum atomic E-state index is 12.0. The fourth-order valence-electron chi connectivity index (χ4n) is 1.83. The van der Waals surface area contributed by atoms with Crippen molar-refractivity contribution in [3.8, 4) is 0 Å². The number of carbonyl (C=O) groups is 1. The summed E-state index contributed by atoms with van der Waals surface area (Å²) in [7, 11) is 0. The van der Waals surface area contributed by atoms with Gasteiger partial charge in [-0.25, -0.2) is 5.43 Å². The Morgan fingerprint density at radius 1 is 1.32 bits per heavy atom. The number of hydrogen-bond donors (Lipinski definition) is 2. The van der Waals surface area contributed by atoms with E-state index in [1.807, 2.05) is 41.1 Å². The van der Waals surface area contributed by atoms with Gasteiger partial charge in [0.1, 0.15) is 0 Å². The molecule has 0 unspecified atom stereocenters. The summed E-state index contributed by atoms with van der Waals surface area (Å²) in [6.45, 7) is 0. The van der Waals surface area contributed by atoms with Gasteiger partial charge in [-0.1, -0.05) is 18.2 Å². The fraction of sp³-hybridized carbons (Fsp3) is 0. The average Bonchev–Trinajstić information content (AvgIpc) is 3.07. The highest BCUT2D eigenvalue weighted by molar-refractivity contribution is 7.08. The molecule has 0 spiro atoms. The number of hydrazone groups is 1. The van der Waals surface area contributed by atoms with Gasteiger partial charge in [0.15, 0.2) is 0 Å². The molecule has 0 saturated heterocycles. The number of rotatable bonds is 3. The third kappa shape index (κ3) is 2.41. The van der Waals surface area contributed by atoms with E-state index in [1.54, 1.807) is 23.7 Å². The van der Waals surface area contributed by atoms with E-state index in [9.17, 15) is 4.79 Å². The van der Waals surface area contributed by atoms with Gasteiger partial charge in [0, 0.05) is 22.7 Å². The van der Waals surface area contributed by atoms with E-state index < -0.39 is 0 Å². The molecule has 3 rings (SSSR count). The zero-order valence-electron chi connectivity index (χ0n) is 9.96. The number of benzene rings is 1. The van der Waals surface area contributed by atoms with Crippen molar-refractivity contribution in [2.45, 2.75) is 0 Å². The van der Waals surface area contributed by atoms with Gasteiger partial charge in [-0.05, 0) is 22.9 Å². The summed E-state index contributed by atoms with van der Waals surface area (Å²) in [5.74, 6) is -0.219. The first-order valence-electron chi connectivity index (χ1n) is 5.76. The number of H-pyrrole nitrogens is 1. The van der Waals surface area contributed by atoms with Crippen LogP contribution in [0.4, 0.5) is 0 Å². The number of carbonyl (C=O) groups excluding carboxylic acids is 1. The number of fused-ring (bicyclic) bond motifs is 1. The van der Waals surface area contributed by atoms with Crippen LogP contribution in [0.1, 0.15) is 15.9 Å². The lowest BCUT2D eigenvalue weighted by Gasteiger charge is -1.97. The van der Waals surface area contributed by atoms with Gasteiger partial charge in [-0.15, -0.1) is 0 Å². The quantitative estimate of drug-likeness (QED) is 0.557. The third-order valence-corrected chi connectivity index (χ3v) is 3.46. The van der Waals surface area contributed by atoms with Crippen molar-refractivity contribution in [1.29, 1.82) is 0 Å². The topological polar surface area (TPSA) is 57.2 Å². The van der Waals surface area contributed by atoms with Crippen LogP contribution < -0.4 is 5.43 Å². The first-order chi connectivity index (χ1) is 9.34. The lowest BCUT2D eigenvalue weighted by Crippen LogP contribution is -2.17. The van der Waals surface area contributed by atoms with Crippen LogP contribution in [0.5, 0.6) is 0 Å². The Morgan fingerprint density at radius 3 is 3.05 bits per heavy atom. The van der Waals surface area contributed by atoms with E-state index in [-0.39, 0.29) is 5.91 Å². The second-order valence-electron chi connectivity index (χ2n) is 4.00. The van der Waals surface area contributed by atoms with Crippen LogP contribution in [-0.4, -0.2) is 17.1 Å². The van der Waals surface area contributed by atoms with Crippen molar-refractivity contribution < 1.29 is 4.79 Å². The summed E-state index contributed by atoms with van der Waals surface area (Å²) in [5.41, 5.74) is 5.04. The minimum atomic E-state index is -0.219. The van der Waals surface area contributed by atoms with Gasteiger partial charge in [0.2, 0.25) is 0 Å². The molecule has 2 aromatic heterocycles. The lowest BCUT2D eigenvalue weighted by molar-refractivity contribution is 0.0957. The molecule has 0 aliphatic carbocycles. The molecule has 1 amide bonds. The largest absolute Gasteiger partial charge is 0.360 e. The Hall–Kier alpha value is -2.40. The number of aromatic nitrogens is 1. The van der Waals surface area contributed by atoms with Crippen LogP contribution in [0.2, 0.25) is 0 Å². The van der Waals surface area contributed by atoms with Crippen molar-refractivity contribution in [2.24, 2.45) is 5.10 Å². The van der Waals surface area contributed by atoms with Crippen LogP contribution in [-0.2, 0) is 0 Å². The molecule has 0 radical (unpaired) electrons. The number of aromatic amines is 1. The van der Waals surface area contributed by atoms with Crippen molar-refractivity contribution in [3.05, 3.63) is 58.4 Å². The standard InChI is InChI=1S/C14H11N3OS/c18-14(17-16-7-10-5-6-19-9-10)12-8-15-13-4-2-1-3-11(12)13/h1-9,15H,(H,17,18)/b16-7+. The maximum Gasteiger partial charge on any atom is 0.273 e. The zero-order chi connectivity index (χ0) is 13.1. The molecule has 2 heterocycles. The zero-order valence-corrected chi connectivity index (χ0v) is 10.8. The summed E-state index contributed by atoms with van der Waals surface area (Å²) in [6.07, 6.45) is 3.32. The van der Waals surface area contributed by atoms with Crippen LogP contribution >= 0.6 is 11.3 Å². The van der Waals surface area contributed by atoms with Crippen LogP contribution in [0.25, 0.3) is 10.9 Å². The summed E-state index contributed by atoms with van der Waals surface area (Å²) in [6, 6.07) is 9.60. The summed E-state index contributed by atoms with van der Waals surface area (Å²) < 4.78 is 0. The van der Waals surface area contributed by atoms with E-state index in [1.165, 1.54) is 0 Å². The van der Waals surface area contributed by atoms with Gasteiger partial charge >= 0.3 is 0 Å². The van der Waals surface area contributed by atoms with Crippen LogP contribution in [0.3, 0.4) is 0 Å². The van der Waals surface area contributed by atoms with Crippen molar-refractivity contribution in [1.82, 2.24) is 10.4 Å². The highest BCUT2D eigenvalue weighted by Gasteiger charge is 2.10. The Bertz CT molecular complexity index is 728. The van der Waals surface area contributed by atoms with Gasteiger partial charge < -0.3 is 4.98 Å². The van der Waals surface area contributed by atoms with Crippen molar-refractivity contribution >= 4 is 34.4 Å². The molecule has 94 valence electrons. The second kappa shape index (κ2) is 5.07. The summed E-state index contributed by atoms with van der Waals surface area (Å²) >= 11 is 1.59. The van der Waals surface area contributed by atoms with E-state index in [0.29, 0.717) is 5.56 Å². The number of amides is 1. The molecular weight excluding hydrogens is 258 g/mol. The molecule has 5 heteroatoms. The monoisotopic (exact) mass is 269 g/mol. The van der Waals surface area contributed by atoms with E-state index >= 15 is 0 Å². The first kappa shape index (κ1) is 11.7. The second-order valence-corrected chi connectivity index (χ2v) is 4.78. The Labute approximate surface area is 113 Å². The highest BCUT2D eigenvalue weighted by Crippen LogP contribution is 2.17. The molecule has 19 heavy (non-hydrogen) atoms. The van der Waals surface area contributed by atoms with E-state index in [4.69, 9.17) is 0 Å². The smallest absolute Gasteiger partial charge is 0.273 e. The summed E-state index contributed by atoms with van der Waals surface area (Å²) in [5, 5.41) is 8.76. The Balaban J connectivity index is 1.77. The van der Waals surface area contributed by atoms with Crippen molar-refractivity contribution in [2.75, 3.05) is 0 Å². The molecule has 0 saturated carbocycles. The number of para-hydroxylation sites is 1. The Morgan fingerprint density at radius 2 is 2.21 bits per heavy atom. The maximum absolute atomic E-state index is 12.0. The number of nitrogens with one attached hydrogen (secondary N) is 2. The number of thiophene rings is 1. The molecular formula is C14H11N3OS. The van der Waals surface area contributed by atoms with E-state index in [2.05, 4.69) is 15.5 Å². The third-order valence-electron chi connectivity index (χ3n) is 2.76. The Kier molecular flexibility index (Phi) is 3.12. The SMILES string of the molecule is O=C(N/N=C/c1ccsc1)c1c[nH]c2ccccc12. The predicted molar refractivity (Wildman–Crippen MR) is 77.7 cm³/mol. The molecule has 0 aliphatic heterocycles. The lowest BCUT2D eigenvalue weighted by atomic mass is 10.2. The molecule has 0 fully saturated rings. The average molecular weight is 269 g/mol. The molecule has 0 atom stereocenters. The number of nitrogens with zero attached hydrogens (tertiary/aromatic N) is 1. The molecule has 0 aliphatic rings. The minimum absolute atomic E-state index is 0.219. The fourth-order valence-corrected chi connectivity index (χ4v) is 2.44. The van der Waals surface area contributed by atoms with Gasteiger partial charge in [-0.2, -0.15) is 16.4 Å². The number of hydrogen-bond acceptors (Lipinski definition) is 3. The van der Waals surface area contributed by atoms with Gasteiger partial charge in [-0.3, -0.25) is 4.79 Å². The molecule has 0 bridgehead atoms. The molecule has 2 N–H and O–H groups in total. The van der Waals surface area contributed by atoms with Crippen LogP contribution in [0.15, 0.2) is 52.4 Å². The predicted octanol–water partition coefficient (Wildman–Crippen LogP) is 2.99. The first-order valence-corrected chi connectivity index (χ1v) is 6.70. The van der Waals surface area contributed by atoms with Gasteiger partial charge in [0.25, 0.3) is 5.91 Å². The molecule has 3 aromatic rings. The van der Waals surface area contributed by atoms with Crippen molar-refractivity contribution in [3.63, 3.8) is 0 Å². The van der Waals surface area contributed by atoms with Crippen LogP contribution in [0, 0.1) is 0 Å². The highest BCUT2D eigenvalue weighted by atomic mass is 32.1.